The van der Waals surface area contributed by atoms with E-state index in [0.717, 1.165) is 60.9 Å². The number of aromatic amines is 1. The largest absolute Gasteiger partial charge is 0.361 e. The summed E-state index contributed by atoms with van der Waals surface area (Å²) in [4.78, 5) is 34.3. The lowest BCUT2D eigenvalue weighted by molar-refractivity contribution is 0.0919. The monoisotopic (exact) mass is 541 g/mol. The number of halogens is 1. The van der Waals surface area contributed by atoms with E-state index in [0.29, 0.717) is 28.7 Å². The molecule has 0 atom stereocenters. The fraction of sp³-hybridized carbons (Fsp3) is 0.323. The second-order valence-electron chi connectivity index (χ2n) is 10.6. The SMILES string of the molecule is Cc1ncc(Cl)cc1C(=O)N[C@H]1CC[C@H](Cn2c(=O)n(C3=C/c4[nH]ccc4CC/C=C\3)c3ccccc32)CC1. The van der Waals surface area contributed by atoms with Crippen molar-refractivity contribution in [3.63, 3.8) is 0 Å². The molecule has 7 nitrogen and oxygen atoms in total. The van der Waals surface area contributed by atoms with Crippen molar-refractivity contribution >= 4 is 40.3 Å². The van der Waals surface area contributed by atoms with Gasteiger partial charge in [-0.2, -0.15) is 0 Å². The third-order valence-corrected chi connectivity index (χ3v) is 8.25. The van der Waals surface area contributed by atoms with Gasteiger partial charge in [0.05, 0.1) is 33.0 Å². The first-order valence-corrected chi connectivity index (χ1v) is 14.0. The summed E-state index contributed by atoms with van der Waals surface area (Å²) >= 11 is 6.06. The Morgan fingerprint density at radius 1 is 1.15 bits per heavy atom. The van der Waals surface area contributed by atoms with Gasteiger partial charge in [-0.15, -0.1) is 0 Å². The van der Waals surface area contributed by atoms with Crippen LogP contribution < -0.4 is 11.0 Å². The van der Waals surface area contributed by atoms with Crippen LogP contribution in [-0.4, -0.2) is 31.1 Å². The fourth-order valence-corrected chi connectivity index (χ4v) is 6.09. The second-order valence-corrected chi connectivity index (χ2v) is 11.1. The number of carbonyl (C=O) groups excluding carboxylic acids is 1. The summed E-state index contributed by atoms with van der Waals surface area (Å²) in [5.74, 6) is 0.234. The molecule has 3 heterocycles. The van der Waals surface area contributed by atoms with E-state index in [1.807, 2.05) is 46.5 Å². The molecule has 4 aromatic rings. The Hall–Kier alpha value is -3.84. The van der Waals surface area contributed by atoms with Gasteiger partial charge >= 0.3 is 5.69 Å². The molecule has 3 aromatic heterocycles. The molecule has 6 rings (SSSR count). The maximum absolute atomic E-state index is 13.9. The first-order chi connectivity index (χ1) is 19.0. The molecule has 200 valence electrons. The van der Waals surface area contributed by atoms with E-state index in [1.165, 1.54) is 5.56 Å². The molecule has 8 heteroatoms. The highest BCUT2D eigenvalue weighted by molar-refractivity contribution is 6.30. The molecule has 39 heavy (non-hydrogen) atoms. The first kappa shape index (κ1) is 25.4. The number of aryl methyl sites for hydroxylation is 2. The van der Waals surface area contributed by atoms with Crippen LogP contribution in [0.5, 0.6) is 0 Å². The van der Waals surface area contributed by atoms with Crippen LogP contribution in [-0.2, 0) is 13.0 Å². The predicted octanol–water partition coefficient (Wildman–Crippen LogP) is 5.98. The summed E-state index contributed by atoms with van der Waals surface area (Å²) in [6.45, 7) is 2.48. The van der Waals surface area contributed by atoms with Gasteiger partial charge in [-0.05, 0) is 93.3 Å². The number of para-hydroxylation sites is 2. The van der Waals surface area contributed by atoms with Crippen molar-refractivity contribution in [2.24, 2.45) is 5.92 Å². The Labute approximate surface area is 232 Å². The van der Waals surface area contributed by atoms with E-state index in [-0.39, 0.29) is 17.6 Å². The third kappa shape index (κ3) is 5.11. The van der Waals surface area contributed by atoms with Crippen LogP contribution >= 0.6 is 11.6 Å². The molecule has 1 saturated carbocycles. The van der Waals surface area contributed by atoms with Crippen molar-refractivity contribution in [1.29, 1.82) is 0 Å². The van der Waals surface area contributed by atoms with Crippen LogP contribution in [0.2, 0.25) is 5.02 Å². The van der Waals surface area contributed by atoms with Gasteiger partial charge in [-0.3, -0.25) is 18.9 Å². The number of allylic oxidation sites excluding steroid dienone is 3. The number of rotatable bonds is 5. The Bertz CT molecular complexity index is 1650. The number of pyridine rings is 1. The highest BCUT2D eigenvalue weighted by Gasteiger charge is 2.26. The van der Waals surface area contributed by atoms with Gasteiger partial charge in [0.25, 0.3) is 5.91 Å². The molecule has 2 aliphatic carbocycles. The molecule has 0 radical (unpaired) electrons. The van der Waals surface area contributed by atoms with Crippen LogP contribution in [0.3, 0.4) is 0 Å². The minimum Gasteiger partial charge on any atom is -0.361 e. The van der Waals surface area contributed by atoms with Gasteiger partial charge < -0.3 is 10.3 Å². The highest BCUT2D eigenvalue weighted by atomic mass is 35.5. The van der Waals surface area contributed by atoms with Crippen molar-refractivity contribution in [3.8, 4) is 0 Å². The number of H-pyrrole nitrogens is 1. The average Bonchev–Trinajstić information content (AvgIpc) is 3.47. The molecule has 0 saturated heterocycles. The van der Waals surface area contributed by atoms with Crippen molar-refractivity contribution in [2.75, 3.05) is 0 Å². The average molecular weight is 542 g/mol. The van der Waals surface area contributed by atoms with E-state index in [4.69, 9.17) is 11.6 Å². The number of nitrogens with one attached hydrogen (secondary N) is 2. The summed E-state index contributed by atoms with van der Waals surface area (Å²) in [6.07, 6.45) is 15.4. The topological polar surface area (TPSA) is 84.7 Å². The molecule has 1 aromatic carbocycles. The zero-order chi connectivity index (χ0) is 26.9. The number of amides is 1. The van der Waals surface area contributed by atoms with Crippen LogP contribution in [0.15, 0.2) is 65.7 Å². The summed E-state index contributed by atoms with van der Waals surface area (Å²) in [6, 6.07) is 11.9. The third-order valence-electron chi connectivity index (χ3n) is 8.05. The normalized spacial score (nSPS) is 21.4. The summed E-state index contributed by atoms with van der Waals surface area (Å²) in [5, 5.41) is 3.62. The van der Waals surface area contributed by atoms with Crippen molar-refractivity contribution < 1.29 is 4.79 Å². The van der Waals surface area contributed by atoms with Gasteiger partial charge in [0.1, 0.15) is 0 Å². The van der Waals surface area contributed by atoms with E-state index >= 15 is 0 Å². The molecule has 1 fully saturated rings. The number of carbonyl (C=O) groups is 1. The molecular weight excluding hydrogens is 510 g/mol. The fourth-order valence-electron chi connectivity index (χ4n) is 5.93. The lowest BCUT2D eigenvalue weighted by atomic mass is 9.85. The standard InChI is InChI=1S/C31H32ClN5O2/c1-20-26(16-23(32)18-34-20)30(38)35-24-12-10-21(11-13-24)19-36-28-8-4-5-9-29(28)37(31(36)39)25-7-3-2-6-22-14-15-33-27(22)17-25/h3-5,7-9,14-18,21,24,33H,2,6,10-13,19H2,1H3,(H,35,38)/b7-3-,25-17+/t21-,24-. The molecule has 0 spiro atoms. The summed E-state index contributed by atoms with van der Waals surface area (Å²) in [5.41, 5.74) is 6.23. The van der Waals surface area contributed by atoms with Crippen molar-refractivity contribution in [3.05, 3.63) is 99.0 Å². The molecule has 0 aliphatic heterocycles. The maximum Gasteiger partial charge on any atom is 0.333 e. The number of imidazole rings is 1. The molecule has 2 aliphatic rings. The minimum atomic E-state index is -0.129. The minimum absolute atomic E-state index is 0.0138. The zero-order valence-corrected chi connectivity index (χ0v) is 22.7. The van der Waals surface area contributed by atoms with Gasteiger partial charge in [0.2, 0.25) is 0 Å². The number of hydrogen-bond acceptors (Lipinski definition) is 3. The number of hydrogen-bond donors (Lipinski definition) is 2. The summed E-state index contributed by atoms with van der Waals surface area (Å²) in [7, 11) is 0. The second kappa shape index (κ2) is 10.7. The highest BCUT2D eigenvalue weighted by Crippen LogP contribution is 2.29. The Kier molecular flexibility index (Phi) is 7.00. The molecule has 0 bridgehead atoms. The number of nitrogens with zero attached hydrogens (tertiary/aromatic N) is 3. The van der Waals surface area contributed by atoms with Crippen LogP contribution in [0.1, 0.15) is 59.4 Å². The van der Waals surface area contributed by atoms with E-state index in [1.54, 1.807) is 12.3 Å². The smallest absolute Gasteiger partial charge is 0.333 e. The molecule has 2 N–H and O–H groups in total. The van der Waals surface area contributed by atoms with Gasteiger partial charge in [0.15, 0.2) is 0 Å². The van der Waals surface area contributed by atoms with Crippen molar-refractivity contribution in [2.45, 2.75) is 58.0 Å². The maximum atomic E-state index is 13.9. The van der Waals surface area contributed by atoms with Crippen LogP contribution in [0.4, 0.5) is 0 Å². The predicted molar refractivity (Wildman–Crippen MR) is 156 cm³/mol. The molecule has 0 unspecified atom stereocenters. The number of benzene rings is 1. The summed E-state index contributed by atoms with van der Waals surface area (Å²) < 4.78 is 3.78. The van der Waals surface area contributed by atoms with Crippen LogP contribution in [0.25, 0.3) is 22.8 Å². The van der Waals surface area contributed by atoms with Gasteiger partial charge in [-0.1, -0.05) is 29.8 Å². The molecule has 1 amide bonds. The Balaban J connectivity index is 1.21. The quantitative estimate of drug-likeness (QED) is 0.326. The van der Waals surface area contributed by atoms with E-state index in [2.05, 4.69) is 39.6 Å². The lowest BCUT2D eigenvalue weighted by Gasteiger charge is -2.29. The van der Waals surface area contributed by atoms with E-state index in [9.17, 15) is 9.59 Å². The van der Waals surface area contributed by atoms with Crippen molar-refractivity contribution in [1.82, 2.24) is 24.4 Å². The lowest BCUT2D eigenvalue weighted by Crippen LogP contribution is -2.39. The number of fused-ring (bicyclic) bond motifs is 2. The van der Waals surface area contributed by atoms with Crippen LogP contribution in [0, 0.1) is 12.8 Å². The first-order valence-electron chi connectivity index (χ1n) is 13.7. The Morgan fingerprint density at radius 2 is 1.95 bits per heavy atom. The molecular formula is C31H32ClN5O2. The number of aromatic nitrogens is 4. The van der Waals surface area contributed by atoms with Gasteiger partial charge in [0, 0.05) is 30.7 Å². The van der Waals surface area contributed by atoms with E-state index < -0.39 is 0 Å². The van der Waals surface area contributed by atoms with Gasteiger partial charge in [-0.25, -0.2) is 4.79 Å². The Morgan fingerprint density at radius 3 is 2.77 bits per heavy atom. The zero-order valence-electron chi connectivity index (χ0n) is 22.0.